The number of fused-ring (bicyclic) bond motifs is 1. The van der Waals surface area contributed by atoms with Gasteiger partial charge in [0, 0.05) is 5.56 Å². The van der Waals surface area contributed by atoms with Gasteiger partial charge in [-0.1, -0.05) is 30.3 Å². The minimum atomic E-state index is -0.0963. The first-order valence-electron chi connectivity index (χ1n) is 8.39. The molecule has 0 aromatic heterocycles. The monoisotopic (exact) mass is 335 g/mol. The number of hydrogen-bond acceptors (Lipinski definition) is 3. The highest BCUT2D eigenvalue weighted by Crippen LogP contribution is 2.17. The van der Waals surface area contributed by atoms with Crippen LogP contribution in [-0.4, -0.2) is 25.7 Å². The Labute approximate surface area is 147 Å². The van der Waals surface area contributed by atoms with Crippen LogP contribution < -0.4 is 14.8 Å². The van der Waals surface area contributed by atoms with Crippen LogP contribution in [0.4, 0.5) is 0 Å². The van der Waals surface area contributed by atoms with Crippen LogP contribution in [0.25, 0.3) is 10.8 Å². The zero-order valence-corrected chi connectivity index (χ0v) is 14.2. The van der Waals surface area contributed by atoms with Gasteiger partial charge in [0.2, 0.25) is 0 Å². The van der Waals surface area contributed by atoms with Crippen molar-refractivity contribution in [3.05, 3.63) is 72.3 Å². The third-order valence-corrected chi connectivity index (χ3v) is 3.80. The van der Waals surface area contributed by atoms with Gasteiger partial charge in [-0.15, -0.1) is 0 Å². The molecule has 25 heavy (non-hydrogen) atoms. The number of hydrogen-bond donors (Lipinski definition) is 1. The van der Waals surface area contributed by atoms with Crippen molar-refractivity contribution in [2.45, 2.75) is 6.92 Å². The Morgan fingerprint density at radius 1 is 0.880 bits per heavy atom. The van der Waals surface area contributed by atoms with Gasteiger partial charge in [0.25, 0.3) is 5.91 Å². The number of carbonyl (C=O) groups excluding carboxylic acids is 1. The molecule has 0 saturated carbocycles. The molecule has 1 amide bonds. The molecule has 0 aliphatic rings. The lowest BCUT2D eigenvalue weighted by molar-refractivity contribution is 0.0947. The van der Waals surface area contributed by atoms with Gasteiger partial charge in [-0.3, -0.25) is 4.79 Å². The normalized spacial score (nSPS) is 10.4. The maximum atomic E-state index is 12.2. The van der Waals surface area contributed by atoms with Crippen LogP contribution in [0.1, 0.15) is 17.3 Å². The predicted molar refractivity (Wildman–Crippen MR) is 99.4 cm³/mol. The second kappa shape index (κ2) is 8.20. The Hall–Kier alpha value is -3.01. The quantitative estimate of drug-likeness (QED) is 0.663. The van der Waals surface area contributed by atoms with Crippen molar-refractivity contribution >= 4 is 16.7 Å². The fourth-order valence-electron chi connectivity index (χ4n) is 2.56. The summed E-state index contributed by atoms with van der Waals surface area (Å²) in [5, 5.41) is 5.06. The number of benzene rings is 3. The Bertz CT molecular complexity index is 843. The largest absolute Gasteiger partial charge is 0.494 e. The molecule has 128 valence electrons. The van der Waals surface area contributed by atoms with Gasteiger partial charge in [0.15, 0.2) is 0 Å². The van der Waals surface area contributed by atoms with Gasteiger partial charge in [0.05, 0.1) is 13.2 Å². The highest BCUT2D eigenvalue weighted by atomic mass is 16.5. The summed E-state index contributed by atoms with van der Waals surface area (Å²) in [6.45, 7) is 3.44. The first kappa shape index (κ1) is 16.8. The molecule has 3 rings (SSSR count). The Kier molecular flexibility index (Phi) is 5.52. The third-order valence-electron chi connectivity index (χ3n) is 3.80. The summed E-state index contributed by atoms with van der Waals surface area (Å²) in [4.78, 5) is 12.2. The van der Waals surface area contributed by atoms with Gasteiger partial charge >= 0.3 is 0 Å². The molecule has 0 saturated heterocycles. The van der Waals surface area contributed by atoms with Crippen molar-refractivity contribution < 1.29 is 14.3 Å². The summed E-state index contributed by atoms with van der Waals surface area (Å²) >= 11 is 0. The fraction of sp³-hybridized carbons (Fsp3) is 0.190. The van der Waals surface area contributed by atoms with Crippen LogP contribution >= 0.6 is 0 Å². The Balaban J connectivity index is 1.48. The van der Waals surface area contributed by atoms with E-state index in [2.05, 4.69) is 5.32 Å². The van der Waals surface area contributed by atoms with E-state index in [-0.39, 0.29) is 5.91 Å². The molecule has 0 fully saturated rings. The number of amides is 1. The standard InChI is InChI=1S/C21H21NO3/c1-2-24-19-9-11-20(12-10-19)25-14-13-22-21(23)18-8-7-16-5-3-4-6-17(16)15-18/h3-12,15H,2,13-14H2,1H3,(H,22,23). The molecule has 3 aromatic rings. The van der Waals surface area contributed by atoms with Crippen LogP contribution in [0.3, 0.4) is 0 Å². The first-order chi connectivity index (χ1) is 12.3. The molecule has 0 atom stereocenters. The second-order valence-corrected chi connectivity index (χ2v) is 5.57. The van der Waals surface area contributed by atoms with Crippen molar-refractivity contribution in [3.8, 4) is 11.5 Å². The molecular weight excluding hydrogens is 314 g/mol. The lowest BCUT2D eigenvalue weighted by Gasteiger charge is -2.09. The minimum Gasteiger partial charge on any atom is -0.494 e. The van der Waals surface area contributed by atoms with Crippen molar-refractivity contribution in [3.63, 3.8) is 0 Å². The van der Waals surface area contributed by atoms with Crippen LogP contribution in [0.5, 0.6) is 11.5 Å². The zero-order chi connectivity index (χ0) is 17.5. The molecule has 0 heterocycles. The molecule has 0 aliphatic carbocycles. The summed E-state index contributed by atoms with van der Waals surface area (Å²) in [5.74, 6) is 1.48. The summed E-state index contributed by atoms with van der Waals surface area (Å²) < 4.78 is 11.0. The van der Waals surface area contributed by atoms with Crippen molar-refractivity contribution in [2.24, 2.45) is 0 Å². The van der Waals surface area contributed by atoms with Gasteiger partial charge < -0.3 is 14.8 Å². The lowest BCUT2D eigenvalue weighted by Crippen LogP contribution is -2.28. The third kappa shape index (κ3) is 4.51. The molecule has 0 spiro atoms. The van der Waals surface area contributed by atoms with E-state index in [0.29, 0.717) is 25.3 Å². The molecule has 3 aromatic carbocycles. The van der Waals surface area contributed by atoms with Gasteiger partial charge in [0.1, 0.15) is 18.1 Å². The summed E-state index contributed by atoms with van der Waals surface area (Å²) in [5.41, 5.74) is 0.653. The maximum absolute atomic E-state index is 12.2. The molecule has 0 aliphatic heterocycles. The van der Waals surface area contributed by atoms with E-state index in [1.165, 1.54) is 0 Å². The maximum Gasteiger partial charge on any atom is 0.251 e. The second-order valence-electron chi connectivity index (χ2n) is 5.57. The number of carbonyl (C=O) groups is 1. The van der Waals surface area contributed by atoms with Gasteiger partial charge in [-0.2, -0.15) is 0 Å². The van der Waals surface area contributed by atoms with Crippen molar-refractivity contribution in [2.75, 3.05) is 19.8 Å². The molecule has 4 nitrogen and oxygen atoms in total. The smallest absolute Gasteiger partial charge is 0.251 e. The van der Waals surface area contributed by atoms with E-state index in [1.54, 1.807) is 0 Å². The number of ether oxygens (including phenoxy) is 2. The highest BCUT2D eigenvalue weighted by molar-refractivity contribution is 5.98. The van der Waals surface area contributed by atoms with Gasteiger partial charge in [-0.05, 0) is 54.1 Å². The van der Waals surface area contributed by atoms with E-state index in [4.69, 9.17) is 9.47 Å². The molecule has 0 bridgehead atoms. The molecule has 0 unspecified atom stereocenters. The van der Waals surface area contributed by atoms with Crippen molar-refractivity contribution in [1.29, 1.82) is 0 Å². The molecule has 1 N–H and O–H groups in total. The summed E-state index contributed by atoms with van der Waals surface area (Å²) in [6.07, 6.45) is 0. The zero-order valence-electron chi connectivity index (χ0n) is 14.2. The van der Waals surface area contributed by atoms with Crippen LogP contribution in [0.2, 0.25) is 0 Å². The predicted octanol–water partition coefficient (Wildman–Crippen LogP) is 4.05. The molecule has 0 radical (unpaired) electrons. The van der Waals surface area contributed by atoms with Crippen LogP contribution in [0, 0.1) is 0 Å². The summed E-state index contributed by atoms with van der Waals surface area (Å²) in [7, 11) is 0. The van der Waals surface area contributed by atoms with Crippen LogP contribution in [0.15, 0.2) is 66.7 Å². The number of rotatable bonds is 7. The van der Waals surface area contributed by atoms with E-state index in [1.807, 2.05) is 73.7 Å². The minimum absolute atomic E-state index is 0.0963. The first-order valence-corrected chi connectivity index (χ1v) is 8.39. The van der Waals surface area contributed by atoms with E-state index in [9.17, 15) is 4.79 Å². The number of nitrogens with one attached hydrogen (secondary N) is 1. The SMILES string of the molecule is CCOc1ccc(OCCNC(=O)c2ccc3ccccc3c2)cc1. The van der Waals surface area contributed by atoms with E-state index >= 15 is 0 Å². The topological polar surface area (TPSA) is 47.6 Å². The average molecular weight is 335 g/mol. The fourth-order valence-corrected chi connectivity index (χ4v) is 2.56. The van der Waals surface area contributed by atoms with E-state index in [0.717, 1.165) is 22.3 Å². The van der Waals surface area contributed by atoms with Gasteiger partial charge in [-0.25, -0.2) is 0 Å². The lowest BCUT2D eigenvalue weighted by atomic mass is 10.1. The van der Waals surface area contributed by atoms with Crippen molar-refractivity contribution in [1.82, 2.24) is 5.32 Å². The Morgan fingerprint density at radius 2 is 1.56 bits per heavy atom. The summed E-state index contributed by atoms with van der Waals surface area (Å²) in [6, 6.07) is 21.1. The van der Waals surface area contributed by atoms with E-state index < -0.39 is 0 Å². The Morgan fingerprint density at radius 3 is 2.28 bits per heavy atom. The van der Waals surface area contributed by atoms with Crippen LogP contribution in [-0.2, 0) is 0 Å². The highest BCUT2D eigenvalue weighted by Gasteiger charge is 2.05. The average Bonchev–Trinajstić information content (AvgIpc) is 2.66. The molecule has 4 heteroatoms. The molecular formula is C21H21NO3.